The smallest absolute Gasteiger partial charge is 0.413 e. The molecule has 0 atom stereocenters. The number of pyridine rings is 1. The summed E-state index contributed by atoms with van der Waals surface area (Å²) in [6.07, 6.45) is 3.05. The van der Waals surface area contributed by atoms with Gasteiger partial charge in [-0.2, -0.15) is 0 Å². The Morgan fingerprint density at radius 3 is 3.12 bits per heavy atom. The summed E-state index contributed by atoms with van der Waals surface area (Å²) in [5.41, 5.74) is 0.923. The van der Waals surface area contributed by atoms with Crippen molar-refractivity contribution >= 4 is 17.6 Å². The van der Waals surface area contributed by atoms with Gasteiger partial charge in [0, 0.05) is 6.20 Å². The molecule has 2 aromatic rings. The molecule has 5 nitrogen and oxygen atoms in total. The van der Waals surface area contributed by atoms with Crippen molar-refractivity contribution in [1.29, 1.82) is 0 Å². The van der Waals surface area contributed by atoms with Gasteiger partial charge < -0.3 is 4.74 Å². The van der Waals surface area contributed by atoms with E-state index < -0.39 is 6.09 Å². The number of amides is 1. The first-order chi connectivity index (χ1) is 8.16. The van der Waals surface area contributed by atoms with Gasteiger partial charge in [-0.3, -0.25) is 9.72 Å². The average molecular weight is 233 g/mol. The lowest BCUT2D eigenvalue weighted by molar-refractivity contribution is 0.147. The third kappa shape index (κ3) is 2.75. The number of rotatable bonds is 3. The monoisotopic (exact) mass is 233 g/mol. The number of hydrogen-bond donors (Lipinski definition) is 1. The topological polar surface area (TPSA) is 55.6 Å². The highest BCUT2D eigenvalue weighted by molar-refractivity contribution is 5.83. The van der Waals surface area contributed by atoms with Crippen molar-refractivity contribution in [3.8, 4) is 0 Å². The van der Waals surface area contributed by atoms with Crippen LogP contribution < -0.4 is 5.32 Å². The highest BCUT2D eigenvalue weighted by Crippen LogP contribution is 2.10. The number of ether oxygens (including phenoxy) is 1. The third-order valence-corrected chi connectivity index (χ3v) is 2.20. The summed E-state index contributed by atoms with van der Waals surface area (Å²) in [7, 11) is 0. The van der Waals surface area contributed by atoms with Gasteiger partial charge in [0.2, 0.25) is 5.95 Å². The molecule has 0 saturated carbocycles. The molecular formula is C12H15N3O2. The fourth-order valence-corrected chi connectivity index (χ4v) is 1.41. The summed E-state index contributed by atoms with van der Waals surface area (Å²) >= 11 is 0. The Morgan fingerprint density at radius 1 is 1.53 bits per heavy atom. The van der Waals surface area contributed by atoms with Gasteiger partial charge in [-0.05, 0) is 18.1 Å². The van der Waals surface area contributed by atoms with E-state index in [1.807, 2.05) is 38.2 Å². The maximum absolute atomic E-state index is 11.5. The minimum Gasteiger partial charge on any atom is -0.449 e. The Kier molecular flexibility index (Phi) is 3.27. The molecule has 0 aromatic carbocycles. The number of anilines is 1. The van der Waals surface area contributed by atoms with Crippen molar-refractivity contribution < 1.29 is 9.53 Å². The minimum atomic E-state index is -0.477. The maximum atomic E-state index is 11.5. The summed E-state index contributed by atoms with van der Waals surface area (Å²) in [5.74, 6) is 0.784. The van der Waals surface area contributed by atoms with Crippen LogP contribution in [0.15, 0.2) is 30.6 Å². The number of nitrogens with one attached hydrogen (secondary N) is 1. The van der Waals surface area contributed by atoms with Crippen LogP contribution in [0.1, 0.15) is 13.8 Å². The van der Waals surface area contributed by atoms with Crippen molar-refractivity contribution in [1.82, 2.24) is 9.38 Å². The molecule has 1 N–H and O–H groups in total. The lowest BCUT2D eigenvalue weighted by Gasteiger charge is -2.07. The lowest BCUT2D eigenvalue weighted by atomic mass is 10.2. The molecule has 0 unspecified atom stereocenters. The summed E-state index contributed by atoms with van der Waals surface area (Å²) in [6, 6.07) is 5.70. The quantitative estimate of drug-likeness (QED) is 0.886. The zero-order valence-corrected chi connectivity index (χ0v) is 9.88. The van der Waals surface area contributed by atoms with E-state index in [1.165, 1.54) is 0 Å². The fraction of sp³-hybridized carbons (Fsp3) is 0.333. The molecule has 5 heteroatoms. The van der Waals surface area contributed by atoms with Gasteiger partial charge in [-0.15, -0.1) is 0 Å². The molecule has 17 heavy (non-hydrogen) atoms. The van der Waals surface area contributed by atoms with E-state index in [1.54, 1.807) is 10.6 Å². The molecule has 0 aliphatic carbocycles. The van der Waals surface area contributed by atoms with Gasteiger partial charge in [0.1, 0.15) is 0 Å². The number of carbonyl (C=O) groups excluding carboxylic acids is 1. The zero-order valence-electron chi connectivity index (χ0n) is 9.88. The van der Waals surface area contributed by atoms with Gasteiger partial charge in [0.25, 0.3) is 0 Å². The molecule has 0 bridgehead atoms. The summed E-state index contributed by atoms with van der Waals surface area (Å²) in [6.45, 7) is 4.37. The standard InChI is InChI=1S/C12H15N3O2/c1-9(2)8-17-12(16)14-11-13-7-10-5-3-4-6-15(10)11/h3-7,9H,8H2,1-2H3,(H,13,14,16). The Balaban J connectivity index is 2.06. The van der Waals surface area contributed by atoms with E-state index in [2.05, 4.69) is 10.3 Å². The van der Waals surface area contributed by atoms with Gasteiger partial charge in [-0.25, -0.2) is 9.78 Å². The Bertz CT molecular complexity index is 519. The number of hydrogen-bond acceptors (Lipinski definition) is 3. The van der Waals surface area contributed by atoms with Gasteiger partial charge in [0.05, 0.1) is 18.3 Å². The van der Waals surface area contributed by atoms with E-state index in [9.17, 15) is 4.79 Å². The Hall–Kier alpha value is -2.04. The molecule has 0 aliphatic rings. The third-order valence-electron chi connectivity index (χ3n) is 2.20. The van der Waals surface area contributed by atoms with Crippen molar-refractivity contribution in [2.45, 2.75) is 13.8 Å². The van der Waals surface area contributed by atoms with E-state index in [0.717, 1.165) is 5.52 Å². The van der Waals surface area contributed by atoms with Crippen molar-refractivity contribution in [3.63, 3.8) is 0 Å². The van der Waals surface area contributed by atoms with Gasteiger partial charge in [-0.1, -0.05) is 19.9 Å². The number of fused-ring (bicyclic) bond motifs is 1. The van der Waals surface area contributed by atoms with E-state index in [4.69, 9.17) is 4.74 Å². The maximum Gasteiger partial charge on any atom is 0.413 e. The van der Waals surface area contributed by atoms with Crippen LogP contribution in [0.3, 0.4) is 0 Å². The molecule has 0 aliphatic heterocycles. The molecular weight excluding hydrogens is 218 g/mol. The van der Waals surface area contributed by atoms with Gasteiger partial charge in [0.15, 0.2) is 0 Å². The summed E-state index contributed by atoms with van der Waals surface area (Å²) in [5, 5.41) is 2.61. The number of carbonyl (C=O) groups is 1. The fourth-order valence-electron chi connectivity index (χ4n) is 1.41. The first-order valence-electron chi connectivity index (χ1n) is 5.52. The van der Waals surface area contributed by atoms with Crippen LogP contribution in [0.4, 0.5) is 10.7 Å². The number of aromatic nitrogens is 2. The van der Waals surface area contributed by atoms with Crippen LogP contribution >= 0.6 is 0 Å². The SMILES string of the molecule is CC(C)COC(=O)Nc1ncc2ccccn12. The second kappa shape index (κ2) is 4.86. The molecule has 0 spiro atoms. The Morgan fingerprint density at radius 2 is 2.35 bits per heavy atom. The molecule has 2 rings (SSSR count). The second-order valence-electron chi connectivity index (χ2n) is 4.19. The molecule has 2 heterocycles. The molecule has 0 fully saturated rings. The Labute approximate surface area is 99.4 Å². The van der Waals surface area contributed by atoms with Crippen molar-refractivity contribution in [2.24, 2.45) is 5.92 Å². The van der Waals surface area contributed by atoms with Crippen LogP contribution in [0.25, 0.3) is 5.52 Å². The molecule has 2 aromatic heterocycles. The number of imidazole rings is 1. The van der Waals surface area contributed by atoms with E-state index >= 15 is 0 Å². The average Bonchev–Trinajstić information content (AvgIpc) is 2.70. The normalized spacial score (nSPS) is 10.8. The number of nitrogens with zero attached hydrogens (tertiary/aromatic N) is 2. The largest absolute Gasteiger partial charge is 0.449 e. The first-order valence-corrected chi connectivity index (χ1v) is 5.52. The van der Waals surface area contributed by atoms with Crippen LogP contribution in [0, 0.1) is 5.92 Å². The first kappa shape index (κ1) is 11.4. The molecule has 1 amide bonds. The summed E-state index contributed by atoms with van der Waals surface area (Å²) in [4.78, 5) is 15.6. The summed E-state index contributed by atoms with van der Waals surface area (Å²) < 4.78 is 6.81. The van der Waals surface area contributed by atoms with Crippen LogP contribution in [-0.4, -0.2) is 22.1 Å². The van der Waals surface area contributed by atoms with Crippen LogP contribution in [-0.2, 0) is 4.74 Å². The molecule has 0 saturated heterocycles. The predicted octanol–water partition coefficient (Wildman–Crippen LogP) is 2.54. The second-order valence-corrected chi connectivity index (χ2v) is 4.19. The highest BCUT2D eigenvalue weighted by Gasteiger charge is 2.08. The highest BCUT2D eigenvalue weighted by atomic mass is 16.5. The van der Waals surface area contributed by atoms with Crippen molar-refractivity contribution in [2.75, 3.05) is 11.9 Å². The zero-order chi connectivity index (χ0) is 12.3. The lowest BCUT2D eigenvalue weighted by Crippen LogP contribution is -2.18. The van der Waals surface area contributed by atoms with E-state index in [0.29, 0.717) is 18.5 Å². The predicted molar refractivity (Wildman–Crippen MR) is 65.0 cm³/mol. The van der Waals surface area contributed by atoms with Crippen LogP contribution in [0.5, 0.6) is 0 Å². The van der Waals surface area contributed by atoms with Crippen molar-refractivity contribution in [3.05, 3.63) is 30.6 Å². The minimum absolute atomic E-state index is 0.317. The molecule has 0 radical (unpaired) electrons. The van der Waals surface area contributed by atoms with Gasteiger partial charge >= 0.3 is 6.09 Å². The molecule has 90 valence electrons. The van der Waals surface area contributed by atoms with Crippen LogP contribution in [0.2, 0.25) is 0 Å². The van der Waals surface area contributed by atoms with E-state index in [-0.39, 0.29) is 0 Å².